The topological polar surface area (TPSA) is 89.8 Å². The minimum Gasteiger partial charge on any atom is -0.490 e. The van der Waals surface area contributed by atoms with Crippen LogP contribution in [0.2, 0.25) is 0 Å². The number of nitro groups is 1. The van der Waals surface area contributed by atoms with Crippen molar-refractivity contribution in [2.75, 3.05) is 20.2 Å². The molecule has 0 saturated heterocycles. The van der Waals surface area contributed by atoms with E-state index in [1.165, 1.54) is 6.92 Å². The maximum absolute atomic E-state index is 12.6. The van der Waals surface area contributed by atoms with Crippen LogP contribution < -0.4 is 4.74 Å². The van der Waals surface area contributed by atoms with E-state index in [9.17, 15) is 31.7 Å². The lowest BCUT2D eigenvalue weighted by atomic mass is 10.3. The second kappa shape index (κ2) is 7.13. The van der Waals surface area contributed by atoms with Crippen LogP contribution in [0.1, 0.15) is 13.3 Å². The normalized spacial score (nSPS) is 12.4. The molecule has 0 radical (unpaired) electrons. The second-order valence-corrected chi connectivity index (χ2v) is 6.48. The van der Waals surface area contributed by atoms with Gasteiger partial charge in [-0.25, -0.2) is 8.42 Å². The fourth-order valence-corrected chi connectivity index (χ4v) is 3.39. The van der Waals surface area contributed by atoms with Crippen LogP contribution in [-0.4, -0.2) is 44.0 Å². The molecule has 0 spiro atoms. The Morgan fingerprint density at radius 3 is 2.39 bits per heavy atom. The minimum absolute atomic E-state index is 0.160. The van der Waals surface area contributed by atoms with Crippen molar-refractivity contribution in [3.8, 4) is 5.75 Å². The van der Waals surface area contributed by atoms with Gasteiger partial charge in [0, 0.05) is 12.6 Å². The van der Waals surface area contributed by atoms with E-state index in [0.717, 1.165) is 19.2 Å². The Bertz CT molecular complexity index is 676. The Hall–Kier alpha value is -1.88. The number of hydrogen-bond acceptors (Lipinski definition) is 5. The second-order valence-electron chi connectivity index (χ2n) is 4.54. The Labute approximate surface area is 130 Å². The average Bonchev–Trinajstić information content (AvgIpc) is 2.44. The first-order chi connectivity index (χ1) is 10.5. The van der Waals surface area contributed by atoms with E-state index >= 15 is 0 Å². The minimum atomic E-state index is -4.72. The summed E-state index contributed by atoms with van der Waals surface area (Å²) in [5.74, 6) is -0.188. The van der Waals surface area contributed by atoms with E-state index < -0.39 is 38.3 Å². The van der Waals surface area contributed by atoms with E-state index in [1.807, 2.05) is 0 Å². The molecule has 1 aromatic carbocycles. The third-order valence-corrected chi connectivity index (χ3v) is 4.65. The molecule has 0 fully saturated rings. The van der Waals surface area contributed by atoms with Crippen molar-refractivity contribution < 1.29 is 31.2 Å². The SMILES string of the molecule is CCCN(CC(F)(F)F)S(=O)(=O)c1ccc(OC)c([N+](=O)[O-])c1. The molecule has 0 saturated carbocycles. The predicted molar refractivity (Wildman–Crippen MR) is 74.8 cm³/mol. The van der Waals surface area contributed by atoms with Crippen LogP contribution in [0.3, 0.4) is 0 Å². The molecule has 0 amide bonds. The largest absolute Gasteiger partial charge is 0.490 e. The van der Waals surface area contributed by atoms with E-state index in [1.54, 1.807) is 0 Å². The van der Waals surface area contributed by atoms with E-state index in [0.29, 0.717) is 6.07 Å². The first kappa shape index (κ1) is 19.2. The van der Waals surface area contributed by atoms with E-state index in [4.69, 9.17) is 4.74 Å². The number of methoxy groups -OCH3 is 1. The molecule has 0 bridgehead atoms. The smallest absolute Gasteiger partial charge is 0.402 e. The molecule has 0 atom stereocenters. The van der Waals surface area contributed by atoms with Gasteiger partial charge in [-0.05, 0) is 18.6 Å². The van der Waals surface area contributed by atoms with Crippen LogP contribution in [0.4, 0.5) is 18.9 Å². The highest BCUT2D eigenvalue weighted by molar-refractivity contribution is 7.89. The molecule has 23 heavy (non-hydrogen) atoms. The van der Waals surface area contributed by atoms with Crippen molar-refractivity contribution >= 4 is 15.7 Å². The van der Waals surface area contributed by atoms with Gasteiger partial charge in [0.15, 0.2) is 5.75 Å². The Morgan fingerprint density at radius 1 is 1.35 bits per heavy atom. The quantitative estimate of drug-likeness (QED) is 0.553. The Balaban J connectivity index is 3.34. The van der Waals surface area contributed by atoms with Crippen LogP contribution in [-0.2, 0) is 10.0 Å². The molecular formula is C12H15F3N2O5S. The van der Waals surface area contributed by atoms with Gasteiger partial charge in [0.25, 0.3) is 0 Å². The Kier molecular flexibility index (Phi) is 5.94. The van der Waals surface area contributed by atoms with Gasteiger partial charge in [0.1, 0.15) is 6.54 Å². The maximum Gasteiger partial charge on any atom is 0.402 e. The van der Waals surface area contributed by atoms with E-state index in [-0.39, 0.29) is 23.0 Å². The van der Waals surface area contributed by atoms with Crippen molar-refractivity contribution in [3.63, 3.8) is 0 Å². The van der Waals surface area contributed by atoms with Crippen molar-refractivity contribution in [1.29, 1.82) is 0 Å². The molecule has 0 unspecified atom stereocenters. The number of ether oxygens (including phenoxy) is 1. The zero-order chi connectivity index (χ0) is 17.8. The number of rotatable bonds is 7. The zero-order valence-electron chi connectivity index (χ0n) is 12.3. The van der Waals surface area contributed by atoms with Gasteiger partial charge in [-0.15, -0.1) is 0 Å². The van der Waals surface area contributed by atoms with Gasteiger partial charge in [0.2, 0.25) is 10.0 Å². The molecule has 0 aliphatic rings. The van der Waals surface area contributed by atoms with Crippen LogP contribution in [0, 0.1) is 10.1 Å². The lowest BCUT2D eigenvalue weighted by Gasteiger charge is -2.22. The number of nitrogens with zero attached hydrogens (tertiary/aromatic N) is 2. The number of sulfonamides is 1. The van der Waals surface area contributed by atoms with Crippen molar-refractivity contribution in [3.05, 3.63) is 28.3 Å². The Morgan fingerprint density at radius 2 is 1.96 bits per heavy atom. The summed E-state index contributed by atoms with van der Waals surface area (Å²) in [4.78, 5) is 9.46. The summed E-state index contributed by atoms with van der Waals surface area (Å²) in [6, 6.07) is 2.69. The third-order valence-electron chi connectivity index (χ3n) is 2.81. The van der Waals surface area contributed by atoms with Crippen molar-refractivity contribution in [2.45, 2.75) is 24.4 Å². The number of hydrogen-bond donors (Lipinski definition) is 0. The van der Waals surface area contributed by atoms with E-state index in [2.05, 4.69) is 0 Å². The summed E-state index contributed by atoms with van der Waals surface area (Å²) < 4.78 is 67.4. The molecule has 7 nitrogen and oxygen atoms in total. The molecule has 1 aromatic rings. The predicted octanol–water partition coefficient (Wildman–Crippen LogP) is 2.57. The fourth-order valence-electron chi connectivity index (χ4n) is 1.86. The molecule has 1 rings (SSSR count). The number of nitro benzene ring substituents is 1. The molecular weight excluding hydrogens is 341 g/mol. The maximum atomic E-state index is 12.6. The fraction of sp³-hybridized carbons (Fsp3) is 0.500. The average molecular weight is 356 g/mol. The van der Waals surface area contributed by atoms with Gasteiger partial charge in [-0.1, -0.05) is 6.92 Å². The number of alkyl halides is 3. The van der Waals surface area contributed by atoms with Crippen molar-refractivity contribution in [1.82, 2.24) is 4.31 Å². The highest BCUT2D eigenvalue weighted by Gasteiger charge is 2.37. The number of halogens is 3. The van der Waals surface area contributed by atoms with Gasteiger partial charge in [-0.3, -0.25) is 10.1 Å². The highest BCUT2D eigenvalue weighted by Crippen LogP contribution is 2.31. The van der Waals surface area contributed by atoms with Gasteiger partial charge in [-0.2, -0.15) is 17.5 Å². The lowest BCUT2D eigenvalue weighted by molar-refractivity contribution is -0.386. The molecule has 11 heteroatoms. The van der Waals surface area contributed by atoms with Crippen LogP contribution in [0.5, 0.6) is 5.75 Å². The van der Waals surface area contributed by atoms with Crippen LogP contribution in [0.15, 0.2) is 23.1 Å². The first-order valence-electron chi connectivity index (χ1n) is 6.42. The molecule has 130 valence electrons. The van der Waals surface area contributed by atoms with Gasteiger partial charge < -0.3 is 4.74 Å². The highest BCUT2D eigenvalue weighted by atomic mass is 32.2. The van der Waals surface area contributed by atoms with Gasteiger partial charge >= 0.3 is 11.9 Å². The molecule has 0 aromatic heterocycles. The van der Waals surface area contributed by atoms with Crippen molar-refractivity contribution in [2.24, 2.45) is 0 Å². The number of benzene rings is 1. The molecule has 0 heterocycles. The summed E-state index contributed by atoms with van der Waals surface area (Å²) in [7, 11) is -3.37. The lowest BCUT2D eigenvalue weighted by Crippen LogP contribution is -2.39. The summed E-state index contributed by atoms with van der Waals surface area (Å²) >= 11 is 0. The third kappa shape index (κ3) is 4.79. The summed E-state index contributed by atoms with van der Waals surface area (Å²) in [5.41, 5.74) is -0.642. The first-order valence-corrected chi connectivity index (χ1v) is 7.86. The summed E-state index contributed by atoms with van der Waals surface area (Å²) in [6.07, 6.45) is -4.56. The summed E-state index contributed by atoms with van der Waals surface area (Å²) in [5, 5.41) is 10.9. The van der Waals surface area contributed by atoms with Crippen LogP contribution in [0.25, 0.3) is 0 Å². The molecule has 0 N–H and O–H groups in total. The standard InChI is InChI=1S/C12H15F3N2O5S/c1-3-6-16(8-12(13,14)15)23(20,21)9-4-5-11(22-2)10(7-9)17(18)19/h4-5,7H,3,6,8H2,1-2H3. The van der Waals surface area contributed by atoms with Gasteiger partial charge in [0.05, 0.1) is 16.9 Å². The van der Waals surface area contributed by atoms with Crippen LogP contribution >= 0.6 is 0 Å². The molecule has 0 aliphatic carbocycles. The zero-order valence-corrected chi connectivity index (χ0v) is 13.1. The monoisotopic (exact) mass is 356 g/mol. The summed E-state index contributed by atoms with van der Waals surface area (Å²) in [6.45, 7) is -0.500. The molecule has 0 aliphatic heterocycles.